The average molecular weight is 247 g/mol. The number of nitrogens with one attached hydrogen (secondary N) is 1. The van der Waals surface area contributed by atoms with Crippen molar-refractivity contribution in [2.45, 2.75) is 51.2 Å². The number of rotatable bonds is 7. The smallest absolute Gasteiger partial charge is 0.0590 e. The van der Waals surface area contributed by atoms with Gasteiger partial charge in [0.05, 0.1) is 6.10 Å². The monoisotopic (exact) mass is 247 g/mol. The highest BCUT2D eigenvalue weighted by molar-refractivity contribution is 5.14. The molecule has 0 aromatic heterocycles. The molecule has 0 amide bonds. The lowest BCUT2D eigenvalue weighted by Crippen LogP contribution is -2.26. The van der Waals surface area contributed by atoms with E-state index in [2.05, 4.69) is 42.6 Å². The minimum Gasteiger partial charge on any atom is -0.378 e. The second-order valence-corrected chi connectivity index (χ2v) is 5.15. The van der Waals surface area contributed by atoms with Crippen molar-refractivity contribution in [3.05, 3.63) is 35.9 Å². The number of hydrogen-bond acceptors (Lipinski definition) is 2. The second-order valence-electron chi connectivity index (χ2n) is 5.15. The van der Waals surface area contributed by atoms with Crippen molar-refractivity contribution in [2.24, 2.45) is 0 Å². The van der Waals surface area contributed by atoms with Crippen LogP contribution < -0.4 is 5.32 Å². The summed E-state index contributed by atoms with van der Waals surface area (Å²) in [5, 5.41) is 3.51. The Bertz CT molecular complexity index is 325. The van der Waals surface area contributed by atoms with Crippen LogP contribution in [-0.4, -0.2) is 25.3 Å². The summed E-state index contributed by atoms with van der Waals surface area (Å²) in [4.78, 5) is 0. The third-order valence-corrected chi connectivity index (χ3v) is 3.68. The summed E-state index contributed by atoms with van der Waals surface area (Å²) in [5.74, 6) is 0. The van der Waals surface area contributed by atoms with Crippen LogP contribution in [0.5, 0.6) is 0 Å². The summed E-state index contributed by atoms with van der Waals surface area (Å²) < 4.78 is 5.96. The van der Waals surface area contributed by atoms with Crippen LogP contribution >= 0.6 is 0 Å². The van der Waals surface area contributed by atoms with Crippen LogP contribution in [0.1, 0.15) is 38.2 Å². The maximum Gasteiger partial charge on any atom is 0.0590 e. The van der Waals surface area contributed by atoms with E-state index in [0.29, 0.717) is 12.1 Å². The van der Waals surface area contributed by atoms with Crippen molar-refractivity contribution >= 4 is 0 Å². The van der Waals surface area contributed by atoms with Gasteiger partial charge in [-0.25, -0.2) is 0 Å². The fourth-order valence-electron chi connectivity index (χ4n) is 2.74. The normalized spacial score (nSPS) is 23.4. The molecule has 0 saturated heterocycles. The van der Waals surface area contributed by atoms with E-state index in [1.54, 1.807) is 0 Å². The van der Waals surface area contributed by atoms with Crippen molar-refractivity contribution in [3.63, 3.8) is 0 Å². The fourth-order valence-corrected chi connectivity index (χ4v) is 2.74. The zero-order valence-corrected chi connectivity index (χ0v) is 11.4. The Morgan fingerprint density at radius 3 is 2.83 bits per heavy atom. The van der Waals surface area contributed by atoms with Crippen molar-refractivity contribution in [1.82, 2.24) is 5.32 Å². The largest absolute Gasteiger partial charge is 0.378 e. The van der Waals surface area contributed by atoms with Crippen LogP contribution in [0.15, 0.2) is 30.3 Å². The van der Waals surface area contributed by atoms with Crippen molar-refractivity contribution in [3.8, 4) is 0 Å². The van der Waals surface area contributed by atoms with Gasteiger partial charge in [-0.2, -0.15) is 0 Å². The molecule has 2 rings (SSSR count). The van der Waals surface area contributed by atoms with Crippen LogP contribution in [0.4, 0.5) is 0 Å². The number of ether oxygens (including phenoxy) is 1. The van der Waals surface area contributed by atoms with E-state index in [9.17, 15) is 0 Å². The maximum atomic E-state index is 5.96. The highest BCUT2D eigenvalue weighted by atomic mass is 16.5. The number of benzene rings is 1. The van der Waals surface area contributed by atoms with E-state index in [4.69, 9.17) is 4.74 Å². The molecule has 1 N–H and O–H groups in total. The molecular formula is C16H25NO. The van der Waals surface area contributed by atoms with E-state index < -0.39 is 0 Å². The summed E-state index contributed by atoms with van der Waals surface area (Å²) in [6.45, 7) is 4.15. The van der Waals surface area contributed by atoms with E-state index >= 15 is 0 Å². The first kappa shape index (κ1) is 13.6. The molecule has 18 heavy (non-hydrogen) atoms. The van der Waals surface area contributed by atoms with Crippen LogP contribution in [0.2, 0.25) is 0 Å². The van der Waals surface area contributed by atoms with Gasteiger partial charge in [-0.15, -0.1) is 0 Å². The van der Waals surface area contributed by atoms with Gasteiger partial charge in [-0.05, 0) is 44.2 Å². The third-order valence-electron chi connectivity index (χ3n) is 3.68. The molecule has 1 aromatic carbocycles. The lowest BCUT2D eigenvalue weighted by atomic mass is 10.1. The van der Waals surface area contributed by atoms with E-state index in [-0.39, 0.29) is 0 Å². The molecule has 2 atom stereocenters. The van der Waals surface area contributed by atoms with Gasteiger partial charge in [0, 0.05) is 12.6 Å². The lowest BCUT2D eigenvalue weighted by molar-refractivity contribution is 0.0553. The Labute approximate surface area is 111 Å². The van der Waals surface area contributed by atoms with Gasteiger partial charge in [0.15, 0.2) is 0 Å². The van der Waals surface area contributed by atoms with E-state index in [1.807, 2.05) is 0 Å². The molecule has 1 aliphatic carbocycles. The fraction of sp³-hybridized carbons (Fsp3) is 0.625. The summed E-state index contributed by atoms with van der Waals surface area (Å²) >= 11 is 0. The van der Waals surface area contributed by atoms with Crippen LogP contribution in [0.3, 0.4) is 0 Å². The molecule has 0 radical (unpaired) electrons. The highest BCUT2D eigenvalue weighted by Gasteiger charge is 2.23. The second kappa shape index (κ2) is 7.55. The van der Waals surface area contributed by atoms with Gasteiger partial charge in [-0.3, -0.25) is 0 Å². The molecule has 0 spiro atoms. The summed E-state index contributed by atoms with van der Waals surface area (Å²) in [5.41, 5.74) is 1.41. The highest BCUT2D eigenvalue weighted by Crippen LogP contribution is 2.22. The van der Waals surface area contributed by atoms with Gasteiger partial charge in [0.2, 0.25) is 0 Å². The first-order valence-electron chi connectivity index (χ1n) is 7.27. The molecule has 1 saturated carbocycles. The molecule has 0 bridgehead atoms. The SMILES string of the molecule is CCNC1CCC(OCCCc2ccccc2)C1. The molecule has 0 aliphatic heterocycles. The average Bonchev–Trinajstić information content (AvgIpc) is 2.84. The van der Waals surface area contributed by atoms with Crippen LogP contribution in [-0.2, 0) is 11.2 Å². The van der Waals surface area contributed by atoms with Gasteiger partial charge in [0.25, 0.3) is 0 Å². The summed E-state index contributed by atoms with van der Waals surface area (Å²) in [6.07, 6.45) is 6.44. The van der Waals surface area contributed by atoms with Gasteiger partial charge < -0.3 is 10.1 Å². The summed E-state index contributed by atoms with van der Waals surface area (Å²) in [6, 6.07) is 11.4. The van der Waals surface area contributed by atoms with Gasteiger partial charge in [-0.1, -0.05) is 37.3 Å². The first-order valence-corrected chi connectivity index (χ1v) is 7.27. The predicted molar refractivity (Wildman–Crippen MR) is 75.8 cm³/mol. The minimum atomic E-state index is 0.491. The molecular weight excluding hydrogens is 222 g/mol. The first-order chi connectivity index (χ1) is 8.88. The van der Waals surface area contributed by atoms with Crippen LogP contribution in [0.25, 0.3) is 0 Å². The van der Waals surface area contributed by atoms with E-state index in [0.717, 1.165) is 26.0 Å². The molecule has 2 nitrogen and oxygen atoms in total. The Morgan fingerprint density at radius 2 is 2.06 bits per heavy atom. The quantitative estimate of drug-likeness (QED) is 0.747. The predicted octanol–water partition coefficient (Wildman–Crippen LogP) is 3.17. The molecule has 1 fully saturated rings. The molecule has 1 aliphatic rings. The van der Waals surface area contributed by atoms with Gasteiger partial charge >= 0.3 is 0 Å². The van der Waals surface area contributed by atoms with Crippen molar-refractivity contribution in [2.75, 3.05) is 13.2 Å². The minimum absolute atomic E-state index is 0.491. The summed E-state index contributed by atoms with van der Waals surface area (Å²) in [7, 11) is 0. The van der Waals surface area contributed by atoms with E-state index in [1.165, 1.54) is 24.8 Å². The van der Waals surface area contributed by atoms with Gasteiger partial charge in [0.1, 0.15) is 0 Å². The zero-order valence-electron chi connectivity index (χ0n) is 11.4. The molecule has 0 heterocycles. The topological polar surface area (TPSA) is 21.3 Å². The Hall–Kier alpha value is -0.860. The van der Waals surface area contributed by atoms with Crippen molar-refractivity contribution in [1.29, 1.82) is 0 Å². The molecule has 2 heteroatoms. The third kappa shape index (κ3) is 4.43. The Morgan fingerprint density at radius 1 is 1.22 bits per heavy atom. The Kier molecular flexibility index (Phi) is 5.69. The van der Waals surface area contributed by atoms with Crippen molar-refractivity contribution < 1.29 is 4.74 Å². The Balaban J connectivity index is 1.56. The standard InChI is InChI=1S/C16H25NO/c1-2-17-15-10-11-16(13-15)18-12-6-9-14-7-4-3-5-8-14/h3-5,7-8,15-17H,2,6,9-13H2,1H3. The molecule has 100 valence electrons. The van der Waals surface area contributed by atoms with Crippen LogP contribution in [0, 0.1) is 0 Å². The molecule has 1 aromatic rings. The maximum absolute atomic E-state index is 5.96. The number of hydrogen-bond donors (Lipinski definition) is 1. The lowest BCUT2D eigenvalue weighted by Gasteiger charge is -2.13. The zero-order chi connectivity index (χ0) is 12.6. The molecule has 2 unspecified atom stereocenters. The number of aryl methyl sites for hydroxylation is 1.